The fourth-order valence-corrected chi connectivity index (χ4v) is 3.80. The Bertz CT molecular complexity index is 1260. The van der Waals surface area contributed by atoms with E-state index in [0.29, 0.717) is 5.56 Å². The summed E-state index contributed by atoms with van der Waals surface area (Å²) in [5.41, 5.74) is 0.960. The van der Waals surface area contributed by atoms with Crippen molar-refractivity contribution in [2.75, 3.05) is 11.9 Å². The van der Waals surface area contributed by atoms with Crippen LogP contribution in [0.1, 0.15) is 26.3 Å². The predicted molar refractivity (Wildman–Crippen MR) is 124 cm³/mol. The molecule has 3 amide bonds. The number of halogens is 2. The Labute approximate surface area is 204 Å². The summed E-state index contributed by atoms with van der Waals surface area (Å²) >= 11 is 0. The van der Waals surface area contributed by atoms with Gasteiger partial charge in [-0.25, -0.2) is 4.79 Å². The van der Waals surface area contributed by atoms with Crippen LogP contribution in [0, 0.1) is 0 Å². The highest BCUT2D eigenvalue weighted by molar-refractivity contribution is 6.22. The second-order valence-electron chi connectivity index (χ2n) is 7.76. The Hall–Kier alpha value is -4.60. The first kappa shape index (κ1) is 24.5. The van der Waals surface area contributed by atoms with Crippen LogP contribution in [0.15, 0.2) is 78.9 Å². The van der Waals surface area contributed by atoms with Crippen molar-refractivity contribution in [3.8, 4) is 5.75 Å². The zero-order valence-electron chi connectivity index (χ0n) is 18.7. The Kier molecular flexibility index (Phi) is 7.33. The van der Waals surface area contributed by atoms with E-state index in [9.17, 15) is 28.0 Å². The quantitative estimate of drug-likeness (QED) is 0.360. The molecule has 0 bridgehead atoms. The molecule has 184 valence electrons. The van der Waals surface area contributed by atoms with Gasteiger partial charge in [-0.2, -0.15) is 8.78 Å². The van der Waals surface area contributed by atoms with Crippen LogP contribution < -0.4 is 10.1 Å². The number of hydrogen-bond donors (Lipinski definition) is 1. The third-order valence-electron chi connectivity index (χ3n) is 5.40. The monoisotopic (exact) mass is 494 g/mol. The maximum absolute atomic E-state index is 13.1. The Morgan fingerprint density at radius 2 is 1.42 bits per heavy atom. The zero-order valence-corrected chi connectivity index (χ0v) is 18.7. The van der Waals surface area contributed by atoms with E-state index in [1.54, 1.807) is 42.5 Å². The average Bonchev–Trinajstić information content (AvgIpc) is 3.12. The molecular weight excluding hydrogens is 474 g/mol. The number of ether oxygens (including phenoxy) is 2. The van der Waals surface area contributed by atoms with Crippen molar-refractivity contribution in [2.45, 2.75) is 19.1 Å². The number of hydrogen-bond acceptors (Lipinski definition) is 6. The lowest BCUT2D eigenvalue weighted by molar-refractivity contribution is -0.151. The molecule has 3 aromatic carbocycles. The van der Waals surface area contributed by atoms with Crippen molar-refractivity contribution in [3.63, 3.8) is 0 Å². The molecule has 10 heteroatoms. The lowest BCUT2D eigenvalue weighted by Gasteiger charge is -2.24. The number of carbonyl (C=O) groups is 4. The number of nitrogens with one attached hydrogen (secondary N) is 1. The van der Waals surface area contributed by atoms with Crippen molar-refractivity contribution in [1.29, 1.82) is 0 Å². The predicted octanol–water partition coefficient (Wildman–Crippen LogP) is 3.68. The molecule has 0 saturated heterocycles. The highest BCUT2D eigenvalue weighted by atomic mass is 19.3. The molecule has 1 heterocycles. The minimum Gasteiger partial charge on any atom is -0.454 e. The minimum absolute atomic E-state index is 0.0299. The van der Waals surface area contributed by atoms with E-state index in [2.05, 4.69) is 10.1 Å². The molecule has 1 unspecified atom stereocenters. The van der Waals surface area contributed by atoms with E-state index in [0.717, 1.165) is 4.90 Å². The molecule has 1 aliphatic heterocycles. The topological polar surface area (TPSA) is 102 Å². The molecule has 36 heavy (non-hydrogen) atoms. The largest absolute Gasteiger partial charge is 0.454 e. The summed E-state index contributed by atoms with van der Waals surface area (Å²) in [5, 5.41) is 2.34. The second-order valence-corrected chi connectivity index (χ2v) is 7.76. The molecular formula is C26H20F2N2O6. The number of esters is 1. The van der Waals surface area contributed by atoms with Crippen LogP contribution in [0.25, 0.3) is 0 Å². The van der Waals surface area contributed by atoms with Crippen molar-refractivity contribution in [1.82, 2.24) is 4.90 Å². The van der Waals surface area contributed by atoms with Crippen molar-refractivity contribution in [3.05, 3.63) is 95.6 Å². The van der Waals surface area contributed by atoms with Gasteiger partial charge in [0.25, 0.3) is 17.7 Å². The van der Waals surface area contributed by atoms with Gasteiger partial charge in [0.1, 0.15) is 11.8 Å². The third kappa shape index (κ3) is 5.38. The molecule has 0 spiro atoms. The Morgan fingerprint density at radius 3 is 2.06 bits per heavy atom. The van der Waals surface area contributed by atoms with Crippen LogP contribution >= 0.6 is 0 Å². The van der Waals surface area contributed by atoms with Gasteiger partial charge in [0.15, 0.2) is 6.61 Å². The minimum atomic E-state index is -3.10. The Balaban J connectivity index is 1.49. The molecule has 4 rings (SSSR count). The van der Waals surface area contributed by atoms with Gasteiger partial charge in [-0.15, -0.1) is 0 Å². The fraction of sp³-hybridized carbons (Fsp3) is 0.154. The van der Waals surface area contributed by atoms with E-state index in [-0.39, 0.29) is 29.0 Å². The lowest BCUT2D eigenvalue weighted by Crippen LogP contribution is -2.47. The van der Waals surface area contributed by atoms with Crippen LogP contribution in [-0.4, -0.2) is 47.9 Å². The molecule has 0 radical (unpaired) electrons. The molecule has 0 saturated carbocycles. The first-order valence-corrected chi connectivity index (χ1v) is 10.9. The highest BCUT2D eigenvalue weighted by Gasteiger charge is 2.43. The molecule has 8 nitrogen and oxygen atoms in total. The van der Waals surface area contributed by atoms with Gasteiger partial charge >= 0.3 is 12.6 Å². The van der Waals surface area contributed by atoms with Crippen LogP contribution in [0.5, 0.6) is 5.75 Å². The van der Waals surface area contributed by atoms with E-state index >= 15 is 0 Å². The number of alkyl halides is 2. The number of imide groups is 1. The van der Waals surface area contributed by atoms with Crippen LogP contribution in [0.3, 0.4) is 0 Å². The number of benzene rings is 3. The normalized spacial score (nSPS) is 13.4. The zero-order chi connectivity index (χ0) is 25.7. The summed E-state index contributed by atoms with van der Waals surface area (Å²) in [7, 11) is 0. The first-order valence-electron chi connectivity index (χ1n) is 10.9. The summed E-state index contributed by atoms with van der Waals surface area (Å²) in [6.07, 6.45) is -0.0299. The number of rotatable bonds is 9. The van der Waals surface area contributed by atoms with Gasteiger partial charge in [-0.1, -0.05) is 54.6 Å². The summed E-state index contributed by atoms with van der Waals surface area (Å²) < 4.78 is 34.7. The lowest BCUT2D eigenvalue weighted by atomic mass is 10.0. The number of nitrogens with zero attached hydrogens (tertiary/aromatic N) is 1. The maximum Gasteiger partial charge on any atom is 0.387 e. The summed E-state index contributed by atoms with van der Waals surface area (Å²) in [6, 6.07) is 19.1. The van der Waals surface area contributed by atoms with Gasteiger partial charge in [0.05, 0.1) is 16.8 Å². The third-order valence-corrected chi connectivity index (χ3v) is 5.40. The molecule has 0 fully saturated rings. The van der Waals surface area contributed by atoms with Crippen LogP contribution in [-0.2, 0) is 20.7 Å². The van der Waals surface area contributed by atoms with Gasteiger partial charge in [0.2, 0.25) is 0 Å². The summed E-state index contributed by atoms with van der Waals surface area (Å²) in [6.45, 7) is -3.88. The Morgan fingerprint density at radius 1 is 0.833 bits per heavy atom. The van der Waals surface area contributed by atoms with Crippen molar-refractivity contribution < 1.29 is 37.4 Å². The molecule has 3 aromatic rings. The molecule has 0 aliphatic carbocycles. The number of para-hydroxylation sites is 2. The fourth-order valence-electron chi connectivity index (χ4n) is 3.80. The van der Waals surface area contributed by atoms with E-state index in [1.165, 1.54) is 36.4 Å². The molecule has 1 aliphatic rings. The van der Waals surface area contributed by atoms with Gasteiger partial charge in [-0.3, -0.25) is 19.3 Å². The molecule has 1 atom stereocenters. The van der Waals surface area contributed by atoms with Gasteiger partial charge in [0, 0.05) is 6.42 Å². The first-order chi connectivity index (χ1) is 17.3. The number of fused-ring (bicyclic) bond motifs is 1. The number of anilines is 1. The second kappa shape index (κ2) is 10.8. The number of carbonyl (C=O) groups excluding carboxylic acids is 4. The number of amides is 3. The maximum atomic E-state index is 13.1. The van der Waals surface area contributed by atoms with Crippen molar-refractivity contribution >= 4 is 29.4 Å². The molecule has 0 aromatic heterocycles. The van der Waals surface area contributed by atoms with Crippen LogP contribution in [0.2, 0.25) is 0 Å². The average molecular weight is 494 g/mol. The van der Waals surface area contributed by atoms with Gasteiger partial charge in [-0.05, 0) is 29.8 Å². The van der Waals surface area contributed by atoms with Gasteiger partial charge < -0.3 is 14.8 Å². The van der Waals surface area contributed by atoms with E-state index in [1.807, 2.05) is 0 Å². The van der Waals surface area contributed by atoms with Crippen molar-refractivity contribution in [2.24, 2.45) is 0 Å². The summed E-state index contributed by atoms with van der Waals surface area (Å²) in [4.78, 5) is 52.3. The summed E-state index contributed by atoms with van der Waals surface area (Å²) in [5.74, 6) is -3.35. The SMILES string of the molecule is O=C(COC(=O)C(Cc1ccccc1)N1C(=O)c2ccccc2C1=O)Nc1ccccc1OC(F)F. The highest BCUT2D eigenvalue weighted by Crippen LogP contribution is 2.27. The smallest absolute Gasteiger partial charge is 0.387 e. The van der Waals surface area contributed by atoms with E-state index < -0.39 is 43.0 Å². The van der Waals surface area contributed by atoms with Crippen LogP contribution in [0.4, 0.5) is 14.5 Å². The molecule has 1 N–H and O–H groups in total. The standard InChI is InChI=1S/C26H20F2N2O6/c27-26(28)36-21-13-7-6-12-19(21)29-22(31)15-35-25(34)20(14-16-8-2-1-3-9-16)30-23(32)17-10-4-5-11-18(17)24(30)33/h1-13,20,26H,14-15H2,(H,29,31). The van der Waals surface area contributed by atoms with E-state index in [4.69, 9.17) is 4.74 Å².